The van der Waals surface area contributed by atoms with Gasteiger partial charge in [0.25, 0.3) is 0 Å². The van der Waals surface area contributed by atoms with Gasteiger partial charge in [-0.2, -0.15) is 0 Å². The largest absolute Gasteiger partial charge is 0.342 e. The molecular formula is C15H28N2O. The van der Waals surface area contributed by atoms with E-state index in [1.807, 2.05) is 4.90 Å². The van der Waals surface area contributed by atoms with Crippen molar-refractivity contribution in [3.63, 3.8) is 0 Å². The summed E-state index contributed by atoms with van der Waals surface area (Å²) < 4.78 is 0. The van der Waals surface area contributed by atoms with Crippen molar-refractivity contribution in [1.29, 1.82) is 0 Å². The van der Waals surface area contributed by atoms with Crippen LogP contribution in [-0.4, -0.2) is 30.4 Å². The number of hydrogen-bond acceptors (Lipinski definition) is 2. The number of likely N-dealkylation sites (tertiary alicyclic amines) is 1. The van der Waals surface area contributed by atoms with Gasteiger partial charge in [-0.15, -0.1) is 0 Å². The molecule has 2 aliphatic rings. The van der Waals surface area contributed by atoms with E-state index in [9.17, 15) is 4.79 Å². The Bertz CT molecular complexity index is 261. The average Bonchev–Trinajstić information content (AvgIpc) is 2.89. The zero-order chi connectivity index (χ0) is 12.8. The van der Waals surface area contributed by atoms with Crippen LogP contribution in [0.4, 0.5) is 0 Å². The van der Waals surface area contributed by atoms with Crippen LogP contribution < -0.4 is 5.73 Å². The van der Waals surface area contributed by atoms with Gasteiger partial charge < -0.3 is 10.6 Å². The summed E-state index contributed by atoms with van der Waals surface area (Å²) in [6.45, 7) is 2.56. The van der Waals surface area contributed by atoms with Crippen molar-refractivity contribution in [2.45, 2.75) is 57.8 Å². The molecule has 0 aromatic rings. The summed E-state index contributed by atoms with van der Waals surface area (Å²) in [6.07, 6.45) is 11.2. The van der Waals surface area contributed by atoms with Crippen molar-refractivity contribution in [2.24, 2.45) is 17.6 Å². The highest BCUT2D eigenvalue weighted by Gasteiger charge is 2.24. The quantitative estimate of drug-likeness (QED) is 0.817. The van der Waals surface area contributed by atoms with Gasteiger partial charge in [0.05, 0.1) is 0 Å². The normalized spacial score (nSPS) is 25.6. The van der Waals surface area contributed by atoms with Crippen molar-refractivity contribution in [3.05, 3.63) is 0 Å². The molecule has 1 aliphatic carbocycles. The number of carbonyl (C=O) groups is 1. The van der Waals surface area contributed by atoms with Gasteiger partial charge in [-0.1, -0.05) is 32.1 Å². The molecule has 104 valence electrons. The molecule has 0 aromatic carbocycles. The Morgan fingerprint density at radius 1 is 1.11 bits per heavy atom. The fourth-order valence-corrected chi connectivity index (χ4v) is 3.43. The highest BCUT2D eigenvalue weighted by molar-refractivity contribution is 5.76. The Labute approximate surface area is 111 Å². The van der Waals surface area contributed by atoms with Gasteiger partial charge in [-0.3, -0.25) is 4.79 Å². The first kappa shape index (κ1) is 13.9. The lowest BCUT2D eigenvalue weighted by Gasteiger charge is -2.22. The highest BCUT2D eigenvalue weighted by Crippen LogP contribution is 2.28. The van der Waals surface area contributed by atoms with Crippen LogP contribution in [0.1, 0.15) is 57.8 Å². The van der Waals surface area contributed by atoms with E-state index in [-0.39, 0.29) is 0 Å². The number of nitrogens with zero attached hydrogens (tertiary/aromatic N) is 1. The molecule has 0 radical (unpaired) electrons. The molecular weight excluding hydrogens is 224 g/mol. The van der Waals surface area contributed by atoms with Gasteiger partial charge in [0.2, 0.25) is 5.91 Å². The van der Waals surface area contributed by atoms with E-state index < -0.39 is 0 Å². The van der Waals surface area contributed by atoms with E-state index in [0.717, 1.165) is 44.8 Å². The number of rotatable bonds is 5. The molecule has 1 saturated heterocycles. The maximum Gasteiger partial charge on any atom is 0.222 e. The Hall–Kier alpha value is -0.570. The molecule has 3 nitrogen and oxygen atoms in total. The lowest BCUT2D eigenvalue weighted by Crippen LogP contribution is -2.29. The van der Waals surface area contributed by atoms with Crippen molar-refractivity contribution in [2.75, 3.05) is 19.6 Å². The van der Waals surface area contributed by atoms with Crippen molar-refractivity contribution in [1.82, 2.24) is 4.90 Å². The van der Waals surface area contributed by atoms with Gasteiger partial charge in [0, 0.05) is 19.5 Å². The summed E-state index contributed by atoms with van der Waals surface area (Å²) in [6, 6.07) is 0. The van der Waals surface area contributed by atoms with Crippen LogP contribution in [-0.2, 0) is 4.79 Å². The minimum Gasteiger partial charge on any atom is -0.342 e. The van der Waals surface area contributed by atoms with Gasteiger partial charge in [0.15, 0.2) is 0 Å². The van der Waals surface area contributed by atoms with Crippen LogP contribution in [0.2, 0.25) is 0 Å². The Morgan fingerprint density at radius 3 is 2.56 bits per heavy atom. The smallest absolute Gasteiger partial charge is 0.222 e. The van der Waals surface area contributed by atoms with Crippen molar-refractivity contribution in [3.8, 4) is 0 Å². The molecule has 0 bridgehead atoms. The van der Waals surface area contributed by atoms with E-state index >= 15 is 0 Å². The fraction of sp³-hybridized carbons (Fsp3) is 0.933. The number of amides is 1. The first-order valence-electron chi connectivity index (χ1n) is 7.77. The second kappa shape index (κ2) is 7.13. The van der Waals surface area contributed by atoms with Crippen LogP contribution in [0, 0.1) is 11.8 Å². The topological polar surface area (TPSA) is 46.3 Å². The monoisotopic (exact) mass is 252 g/mol. The molecule has 1 aliphatic heterocycles. The average molecular weight is 252 g/mol. The highest BCUT2D eigenvalue weighted by atomic mass is 16.2. The molecule has 0 spiro atoms. The summed E-state index contributed by atoms with van der Waals surface area (Å²) in [7, 11) is 0. The second-order valence-corrected chi connectivity index (χ2v) is 6.13. The summed E-state index contributed by atoms with van der Waals surface area (Å²) in [5.41, 5.74) is 5.66. The van der Waals surface area contributed by atoms with Crippen molar-refractivity contribution < 1.29 is 4.79 Å². The van der Waals surface area contributed by atoms with Crippen LogP contribution >= 0.6 is 0 Å². The third kappa shape index (κ3) is 3.98. The third-order valence-electron chi connectivity index (χ3n) is 4.70. The lowest BCUT2D eigenvalue weighted by molar-refractivity contribution is -0.130. The summed E-state index contributed by atoms with van der Waals surface area (Å²) in [5.74, 6) is 1.82. The fourth-order valence-electron chi connectivity index (χ4n) is 3.43. The first-order chi connectivity index (χ1) is 8.79. The van der Waals surface area contributed by atoms with E-state index in [0.29, 0.717) is 11.8 Å². The zero-order valence-electron chi connectivity index (χ0n) is 11.6. The van der Waals surface area contributed by atoms with E-state index in [1.165, 1.54) is 38.5 Å². The molecule has 2 N–H and O–H groups in total. The van der Waals surface area contributed by atoms with Gasteiger partial charge in [0.1, 0.15) is 0 Å². The molecule has 18 heavy (non-hydrogen) atoms. The Kier molecular flexibility index (Phi) is 5.48. The molecule has 3 heteroatoms. The maximum absolute atomic E-state index is 12.0. The molecule has 1 amide bonds. The van der Waals surface area contributed by atoms with E-state index in [2.05, 4.69) is 0 Å². The minimum atomic E-state index is 0.363. The predicted octanol–water partition coefficient (Wildman–Crippen LogP) is 2.54. The van der Waals surface area contributed by atoms with Crippen molar-refractivity contribution >= 4 is 5.91 Å². The van der Waals surface area contributed by atoms with Crippen LogP contribution in [0.3, 0.4) is 0 Å². The first-order valence-corrected chi connectivity index (χ1v) is 7.77. The van der Waals surface area contributed by atoms with Crippen LogP contribution in [0.15, 0.2) is 0 Å². The SMILES string of the molecule is NCC1CCN(C(=O)CCCC2CCCCC2)C1. The van der Waals surface area contributed by atoms with E-state index in [1.54, 1.807) is 0 Å². The van der Waals surface area contributed by atoms with Crippen LogP contribution in [0.5, 0.6) is 0 Å². The number of nitrogens with two attached hydrogens (primary N) is 1. The molecule has 0 aromatic heterocycles. The lowest BCUT2D eigenvalue weighted by atomic mass is 9.86. The van der Waals surface area contributed by atoms with E-state index in [4.69, 9.17) is 5.73 Å². The third-order valence-corrected chi connectivity index (χ3v) is 4.70. The summed E-state index contributed by atoms with van der Waals surface area (Å²) in [5, 5.41) is 0. The standard InChI is InChI=1S/C15H28N2O/c16-11-14-9-10-17(12-14)15(18)8-4-7-13-5-2-1-3-6-13/h13-14H,1-12,16H2. The predicted molar refractivity (Wildman–Crippen MR) is 74.2 cm³/mol. The number of hydrogen-bond donors (Lipinski definition) is 1. The molecule has 1 unspecified atom stereocenters. The molecule has 1 heterocycles. The molecule has 2 rings (SSSR count). The summed E-state index contributed by atoms with van der Waals surface area (Å²) >= 11 is 0. The Morgan fingerprint density at radius 2 is 1.89 bits per heavy atom. The van der Waals surface area contributed by atoms with Gasteiger partial charge in [-0.25, -0.2) is 0 Å². The van der Waals surface area contributed by atoms with Crippen LogP contribution in [0.25, 0.3) is 0 Å². The molecule has 1 saturated carbocycles. The maximum atomic E-state index is 12.0. The number of carbonyl (C=O) groups excluding carboxylic acids is 1. The van der Waals surface area contributed by atoms with Gasteiger partial charge >= 0.3 is 0 Å². The zero-order valence-corrected chi connectivity index (χ0v) is 11.6. The minimum absolute atomic E-state index is 0.363. The molecule has 1 atom stereocenters. The molecule has 2 fully saturated rings. The van der Waals surface area contributed by atoms with Gasteiger partial charge in [-0.05, 0) is 37.6 Å². The second-order valence-electron chi connectivity index (χ2n) is 6.13. The Balaban J connectivity index is 1.60. The summed E-state index contributed by atoms with van der Waals surface area (Å²) in [4.78, 5) is 14.1.